The Bertz CT molecular complexity index is 415. The number of thiazole rings is 1. The van der Waals surface area contributed by atoms with Gasteiger partial charge in [-0.1, -0.05) is 29.9 Å². The highest BCUT2D eigenvalue weighted by atomic mass is 35.5. The maximum atomic E-state index is 11.3. The van der Waals surface area contributed by atoms with Crippen LogP contribution in [-0.4, -0.2) is 24.6 Å². The van der Waals surface area contributed by atoms with E-state index in [-0.39, 0.29) is 5.15 Å². The van der Waals surface area contributed by atoms with Gasteiger partial charge in [-0.25, -0.2) is 9.78 Å². The molecular weight excluding hydrogens is 248 g/mol. The number of anilines is 1. The molecule has 1 fully saturated rings. The molecule has 6 heteroatoms. The first-order chi connectivity index (χ1) is 7.54. The van der Waals surface area contributed by atoms with E-state index in [0.29, 0.717) is 15.4 Å². The fraction of sp³-hybridized carbons (Fsp3) is 0.600. The Balaban J connectivity index is 2.02. The standard InChI is InChI=1S/C10H13ClN2O2S/c1-10(3-4-10)5-12-9-13-7(11)6(16-9)8(14)15-2/h3-5H2,1-2H3,(H,12,13). The van der Waals surface area contributed by atoms with Crippen LogP contribution >= 0.6 is 22.9 Å². The molecule has 1 heterocycles. The highest BCUT2D eigenvalue weighted by Crippen LogP contribution is 2.45. The molecule has 0 aromatic carbocycles. The van der Waals surface area contributed by atoms with Crippen LogP contribution in [0.1, 0.15) is 29.4 Å². The molecule has 1 aromatic heterocycles. The second kappa shape index (κ2) is 4.22. The average molecular weight is 261 g/mol. The molecule has 1 aliphatic rings. The van der Waals surface area contributed by atoms with Crippen LogP contribution in [0.3, 0.4) is 0 Å². The van der Waals surface area contributed by atoms with Crippen LogP contribution < -0.4 is 5.32 Å². The van der Waals surface area contributed by atoms with Crippen molar-refractivity contribution in [2.75, 3.05) is 19.0 Å². The van der Waals surface area contributed by atoms with Crippen molar-refractivity contribution in [2.24, 2.45) is 5.41 Å². The summed E-state index contributed by atoms with van der Waals surface area (Å²) in [6.07, 6.45) is 2.48. The number of rotatable bonds is 4. The minimum Gasteiger partial charge on any atom is -0.465 e. The lowest BCUT2D eigenvalue weighted by Gasteiger charge is -2.07. The van der Waals surface area contributed by atoms with Crippen molar-refractivity contribution in [2.45, 2.75) is 19.8 Å². The molecule has 88 valence electrons. The first-order valence-electron chi connectivity index (χ1n) is 5.03. The predicted octanol–water partition coefficient (Wildman–Crippen LogP) is 2.80. The van der Waals surface area contributed by atoms with Crippen LogP contribution in [0.5, 0.6) is 0 Å². The summed E-state index contributed by atoms with van der Waals surface area (Å²) in [4.78, 5) is 15.7. The largest absolute Gasteiger partial charge is 0.465 e. The van der Waals surface area contributed by atoms with Gasteiger partial charge in [-0.15, -0.1) is 0 Å². The second-order valence-electron chi connectivity index (χ2n) is 4.29. The molecule has 1 aromatic rings. The van der Waals surface area contributed by atoms with Crippen LogP contribution in [-0.2, 0) is 4.74 Å². The number of hydrogen-bond acceptors (Lipinski definition) is 5. The minimum absolute atomic E-state index is 0.209. The van der Waals surface area contributed by atoms with E-state index in [4.69, 9.17) is 11.6 Å². The van der Waals surface area contributed by atoms with Crippen LogP contribution in [0.2, 0.25) is 5.15 Å². The molecule has 0 spiro atoms. The maximum Gasteiger partial charge on any atom is 0.351 e. The second-order valence-corrected chi connectivity index (χ2v) is 5.65. The Hall–Kier alpha value is -0.810. The summed E-state index contributed by atoms with van der Waals surface area (Å²) in [7, 11) is 1.33. The number of ether oxygens (including phenoxy) is 1. The van der Waals surface area contributed by atoms with Crippen LogP contribution in [0, 0.1) is 5.41 Å². The third-order valence-corrected chi connectivity index (χ3v) is 4.11. The van der Waals surface area contributed by atoms with Crippen LogP contribution in [0.15, 0.2) is 0 Å². The molecular formula is C10H13ClN2O2S. The Morgan fingerprint density at radius 1 is 1.69 bits per heavy atom. The van der Waals surface area contributed by atoms with Gasteiger partial charge < -0.3 is 10.1 Å². The molecule has 16 heavy (non-hydrogen) atoms. The lowest BCUT2D eigenvalue weighted by molar-refractivity contribution is 0.0606. The van der Waals surface area contributed by atoms with Crippen molar-refractivity contribution in [1.29, 1.82) is 0 Å². The van der Waals surface area contributed by atoms with E-state index in [9.17, 15) is 4.79 Å². The van der Waals surface area contributed by atoms with E-state index < -0.39 is 5.97 Å². The van der Waals surface area contributed by atoms with E-state index in [2.05, 4.69) is 22.0 Å². The van der Waals surface area contributed by atoms with Gasteiger partial charge in [0.05, 0.1) is 7.11 Å². The van der Waals surface area contributed by atoms with Crippen molar-refractivity contribution in [3.63, 3.8) is 0 Å². The number of carbonyl (C=O) groups excluding carboxylic acids is 1. The quantitative estimate of drug-likeness (QED) is 0.846. The van der Waals surface area contributed by atoms with Gasteiger partial charge in [0, 0.05) is 6.54 Å². The van der Waals surface area contributed by atoms with Gasteiger partial charge >= 0.3 is 5.97 Å². The molecule has 0 aliphatic heterocycles. The van der Waals surface area contributed by atoms with Gasteiger partial charge in [0.15, 0.2) is 15.2 Å². The van der Waals surface area contributed by atoms with Crippen molar-refractivity contribution in [3.05, 3.63) is 10.0 Å². The fourth-order valence-corrected chi connectivity index (χ4v) is 2.37. The number of nitrogens with one attached hydrogen (secondary N) is 1. The van der Waals surface area contributed by atoms with E-state index in [1.807, 2.05) is 0 Å². The van der Waals surface area contributed by atoms with Crippen molar-refractivity contribution < 1.29 is 9.53 Å². The average Bonchev–Trinajstić information content (AvgIpc) is 2.87. The zero-order valence-electron chi connectivity index (χ0n) is 9.17. The van der Waals surface area contributed by atoms with Crippen LogP contribution in [0.4, 0.5) is 5.13 Å². The van der Waals surface area contributed by atoms with Gasteiger partial charge in [0.25, 0.3) is 0 Å². The Kier molecular flexibility index (Phi) is 3.08. The zero-order chi connectivity index (χ0) is 11.8. The van der Waals surface area contributed by atoms with Gasteiger partial charge in [-0.2, -0.15) is 0 Å². The molecule has 1 aliphatic carbocycles. The van der Waals surface area contributed by atoms with E-state index in [0.717, 1.165) is 6.54 Å². The first-order valence-corrected chi connectivity index (χ1v) is 6.22. The number of esters is 1. The SMILES string of the molecule is COC(=O)c1sc(NCC2(C)CC2)nc1Cl. The Labute approximate surface area is 103 Å². The van der Waals surface area contributed by atoms with E-state index >= 15 is 0 Å². The smallest absolute Gasteiger partial charge is 0.351 e. The zero-order valence-corrected chi connectivity index (χ0v) is 10.7. The molecule has 0 saturated heterocycles. The summed E-state index contributed by atoms with van der Waals surface area (Å²) in [5, 5.41) is 4.09. The van der Waals surface area contributed by atoms with Gasteiger partial charge in [-0.05, 0) is 18.3 Å². The fourth-order valence-electron chi connectivity index (χ4n) is 1.27. The first kappa shape index (κ1) is 11.7. The highest BCUT2D eigenvalue weighted by Gasteiger charge is 2.37. The number of methoxy groups -OCH3 is 1. The summed E-state index contributed by atoms with van der Waals surface area (Å²) in [5.74, 6) is -0.437. The molecule has 0 atom stereocenters. The number of halogens is 1. The lowest BCUT2D eigenvalue weighted by Crippen LogP contribution is -2.11. The monoisotopic (exact) mass is 260 g/mol. The Morgan fingerprint density at radius 2 is 2.38 bits per heavy atom. The third-order valence-electron chi connectivity index (χ3n) is 2.73. The molecule has 1 N–H and O–H groups in total. The van der Waals surface area contributed by atoms with Gasteiger partial charge in [0.2, 0.25) is 0 Å². The summed E-state index contributed by atoms with van der Waals surface area (Å²) in [6, 6.07) is 0. The highest BCUT2D eigenvalue weighted by molar-refractivity contribution is 7.18. The maximum absolute atomic E-state index is 11.3. The Morgan fingerprint density at radius 3 is 2.94 bits per heavy atom. The van der Waals surface area contributed by atoms with Gasteiger partial charge in [-0.3, -0.25) is 0 Å². The third kappa shape index (κ3) is 2.47. The van der Waals surface area contributed by atoms with E-state index in [1.54, 1.807) is 0 Å². The minimum atomic E-state index is -0.437. The molecule has 1 saturated carbocycles. The van der Waals surface area contributed by atoms with Crippen LogP contribution in [0.25, 0.3) is 0 Å². The lowest BCUT2D eigenvalue weighted by atomic mass is 10.1. The predicted molar refractivity (Wildman–Crippen MR) is 64.3 cm³/mol. The van der Waals surface area contributed by atoms with E-state index in [1.165, 1.54) is 31.3 Å². The topological polar surface area (TPSA) is 51.2 Å². The van der Waals surface area contributed by atoms with Crippen molar-refractivity contribution >= 4 is 34.0 Å². The number of carbonyl (C=O) groups is 1. The molecule has 0 amide bonds. The number of nitrogens with zero attached hydrogens (tertiary/aromatic N) is 1. The van der Waals surface area contributed by atoms with Crippen molar-refractivity contribution in [1.82, 2.24) is 4.98 Å². The number of aromatic nitrogens is 1. The molecule has 0 bridgehead atoms. The molecule has 2 rings (SSSR count). The molecule has 4 nitrogen and oxygen atoms in total. The summed E-state index contributed by atoms with van der Waals surface area (Å²) in [6.45, 7) is 3.09. The molecule has 0 radical (unpaired) electrons. The van der Waals surface area contributed by atoms with Crippen molar-refractivity contribution in [3.8, 4) is 0 Å². The number of hydrogen-bond donors (Lipinski definition) is 1. The summed E-state index contributed by atoms with van der Waals surface area (Å²) >= 11 is 7.07. The summed E-state index contributed by atoms with van der Waals surface area (Å²) < 4.78 is 4.61. The van der Waals surface area contributed by atoms with Gasteiger partial charge in [0.1, 0.15) is 0 Å². The molecule has 0 unspecified atom stereocenters. The normalized spacial score (nSPS) is 16.9. The summed E-state index contributed by atoms with van der Waals surface area (Å²) in [5.41, 5.74) is 0.392.